The molecule has 8 heteroatoms. The largest absolute Gasteiger partial charge is 0.455 e. The van der Waals surface area contributed by atoms with Gasteiger partial charge in [0.25, 0.3) is 5.56 Å². The van der Waals surface area contributed by atoms with Crippen LogP contribution in [0.3, 0.4) is 0 Å². The maximum atomic E-state index is 13.1. The Morgan fingerprint density at radius 1 is 1.14 bits per heavy atom. The summed E-state index contributed by atoms with van der Waals surface area (Å²) in [4.78, 5) is 34.0. The van der Waals surface area contributed by atoms with Crippen LogP contribution < -0.4 is 5.56 Å². The summed E-state index contributed by atoms with van der Waals surface area (Å²) in [5.74, 6) is -0.879. The van der Waals surface area contributed by atoms with Crippen LogP contribution in [0.2, 0.25) is 0 Å². The summed E-state index contributed by atoms with van der Waals surface area (Å²) in [6.07, 6.45) is 0. The lowest BCUT2D eigenvalue weighted by atomic mass is 10.2. The Bertz CT molecular complexity index is 1280. The molecule has 0 saturated heterocycles. The fourth-order valence-electron chi connectivity index (χ4n) is 2.94. The molecular formula is C21H16FN3O3S. The molecule has 4 rings (SSSR count). The number of aromatic nitrogens is 3. The van der Waals surface area contributed by atoms with Gasteiger partial charge in [-0.3, -0.25) is 9.20 Å². The molecule has 0 radical (unpaired) electrons. The van der Waals surface area contributed by atoms with Gasteiger partial charge in [0.2, 0.25) is 0 Å². The van der Waals surface area contributed by atoms with Gasteiger partial charge in [0.15, 0.2) is 0 Å². The highest BCUT2D eigenvalue weighted by molar-refractivity contribution is 7.17. The van der Waals surface area contributed by atoms with E-state index < -0.39 is 5.97 Å². The highest BCUT2D eigenvalue weighted by Gasteiger charge is 2.18. The highest BCUT2D eigenvalue weighted by Crippen LogP contribution is 2.28. The van der Waals surface area contributed by atoms with Gasteiger partial charge in [-0.15, -0.1) is 11.3 Å². The molecule has 0 atom stereocenters. The standard InChI is InChI=1S/C21H16FN3O3S/c1-12-4-3-5-17-24-16(10-18(26)25(12)17)11-28-21(27)19-13(2)23-20(29-19)14-6-8-15(22)9-7-14/h3-10H,11H2,1-2H3. The number of esters is 1. The summed E-state index contributed by atoms with van der Waals surface area (Å²) in [6.45, 7) is 3.41. The minimum atomic E-state index is -0.542. The zero-order valence-electron chi connectivity index (χ0n) is 15.7. The first-order chi connectivity index (χ1) is 13.9. The van der Waals surface area contributed by atoms with Crippen molar-refractivity contribution in [3.05, 3.63) is 86.7 Å². The van der Waals surface area contributed by atoms with Crippen LogP contribution in [0.15, 0.2) is 53.3 Å². The fraction of sp³-hybridized carbons (Fsp3) is 0.143. The zero-order valence-corrected chi connectivity index (χ0v) is 16.5. The van der Waals surface area contributed by atoms with Crippen LogP contribution in [-0.4, -0.2) is 20.3 Å². The SMILES string of the molecule is Cc1nc(-c2ccc(F)cc2)sc1C(=O)OCc1cc(=O)n2c(C)cccc2n1. The van der Waals surface area contributed by atoms with E-state index in [4.69, 9.17) is 4.74 Å². The molecule has 146 valence electrons. The van der Waals surface area contributed by atoms with Gasteiger partial charge in [0, 0.05) is 17.3 Å². The number of thiazole rings is 1. The number of pyridine rings is 1. The zero-order chi connectivity index (χ0) is 20.5. The average Bonchev–Trinajstić information content (AvgIpc) is 3.08. The maximum absolute atomic E-state index is 13.1. The van der Waals surface area contributed by atoms with Crippen LogP contribution in [0.5, 0.6) is 0 Å². The third kappa shape index (κ3) is 3.79. The quantitative estimate of drug-likeness (QED) is 0.478. The molecule has 3 heterocycles. The fourth-order valence-corrected chi connectivity index (χ4v) is 3.91. The summed E-state index contributed by atoms with van der Waals surface area (Å²) in [5.41, 5.74) is 2.66. The van der Waals surface area contributed by atoms with Crippen molar-refractivity contribution < 1.29 is 13.9 Å². The Kier molecular flexibility index (Phi) is 4.94. The molecule has 4 aromatic rings. The third-order valence-corrected chi connectivity index (χ3v) is 5.54. The normalized spacial score (nSPS) is 11.0. The average molecular weight is 409 g/mol. The monoisotopic (exact) mass is 409 g/mol. The number of fused-ring (bicyclic) bond motifs is 1. The Morgan fingerprint density at radius 2 is 1.90 bits per heavy atom. The molecule has 0 amide bonds. The minimum Gasteiger partial charge on any atom is -0.455 e. The second kappa shape index (κ2) is 7.56. The Balaban J connectivity index is 1.54. The molecule has 3 aromatic heterocycles. The van der Waals surface area contributed by atoms with Crippen molar-refractivity contribution in [2.75, 3.05) is 0 Å². The molecule has 29 heavy (non-hydrogen) atoms. The van der Waals surface area contributed by atoms with Gasteiger partial charge in [0.1, 0.15) is 28.0 Å². The molecule has 0 unspecified atom stereocenters. The van der Waals surface area contributed by atoms with Crippen LogP contribution in [-0.2, 0) is 11.3 Å². The van der Waals surface area contributed by atoms with Crippen molar-refractivity contribution in [1.82, 2.24) is 14.4 Å². The number of ether oxygens (including phenoxy) is 1. The number of nitrogens with zero attached hydrogens (tertiary/aromatic N) is 3. The summed E-state index contributed by atoms with van der Waals surface area (Å²) >= 11 is 1.18. The lowest BCUT2D eigenvalue weighted by molar-refractivity contribution is 0.0472. The maximum Gasteiger partial charge on any atom is 0.350 e. The first-order valence-electron chi connectivity index (χ1n) is 8.81. The second-order valence-corrected chi connectivity index (χ2v) is 7.46. The van der Waals surface area contributed by atoms with Crippen molar-refractivity contribution in [3.8, 4) is 10.6 Å². The Hall–Kier alpha value is -3.39. The van der Waals surface area contributed by atoms with Gasteiger partial charge in [-0.2, -0.15) is 0 Å². The smallest absolute Gasteiger partial charge is 0.350 e. The van der Waals surface area contributed by atoms with E-state index in [1.807, 2.05) is 19.1 Å². The summed E-state index contributed by atoms with van der Waals surface area (Å²) in [7, 11) is 0. The first kappa shape index (κ1) is 18.9. The van der Waals surface area contributed by atoms with Crippen LogP contribution in [0, 0.1) is 19.7 Å². The first-order valence-corrected chi connectivity index (χ1v) is 9.63. The number of halogens is 1. The minimum absolute atomic E-state index is 0.123. The second-order valence-electron chi connectivity index (χ2n) is 6.46. The van der Waals surface area contributed by atoms with Gasteiger partial charge in [-0.25, -0.2) is 19.2 Å². The molecule has 0 spiro atoms. The van der Waals surface area contributed by atoms with Gasteiger partial charge in [0.05, 0.1) is 11.4 Å². The number of benzene rings is 1. The number of aryl methyl sites for hydroxylation is 2. The van der Waals surface area contributed by atoms with E-state index in [9.17, 15) is 14.0 Å². The Morgan fingerprint density at radius 3 is 2.66 bits per heavy atom. The van der Waals surface area contributed by atoms with Crippen LogP contribution in [0.1, 0.15) is 26.8 Å². The predicted molar refractivity (Wildman–Crippen MR) is 108 cm³/mol. The van der Waals surface area contributed by atoms with E-state index in [0.29, 0.717) is 26.9 Å². The van der Waals surface area contributed by atoms with Crippen LogP contribution in [0.4, 0.5) is 4.39 Å². The predicted octanol–water partition coefficient (Wildman–Crippen LogP) is 3.93. The van der Waals surface area contributed by atoms with Gasteiger partial charge >= 0.3 is 5.97 Å². The van der Waals surface area contributed by atoms with Crippen LogP contribution in [0.25, 0.3) is 16.2 Å². The molecular weight excluding hydrogens is 393 g/mol. The number of rotatable bonds is 4. The van der Waals surface area contributed by atoms with E-state index in [1.54, 1.807) is 25.1 Å². The van der Waals surface area contributed by atoms with E-state index in [1.165, 1.54) is 33.9 Å². The Labute approximate surface area is 169 Å². The van der Waals surface area contributed by atoms with Crippen LogP contribution >= 0.6 is 11.3 Å². The van der Waals surface area contributed by atoms with E-state index in [0.717, 1.165) is 11.3 Å². The molecule has 6 nitrogen and oxygen atoms in total. The van der Waals surface area contributed by atoms with Crippen molar-refractivity contribution in [3.63, 3.8) is 0 Å². The number of hydrogen-bond donors (Lipinski definition) is 0. The summed E-state index contributed by atoms with van der Waals surface area (Å²) < 4.78 is 20.0. The van der Waals surface area contributed by atoms with Crippen molar-refractivity contribution in [2.45, 2.75) is 20.5 Å². The van der Waals surface area contributed by atoms with E-state index in [-0.39, 0.29) is 18.0 Å². The summed E-state index contributed by atoms with van der Waals surface area (Å²) in [6, 6.07) is 12.6. The molecule has 0 bridgehead atoms. The highest BCUT2D eigenvalue weighted by atomic mass is 32.1. The number of hydrogen-bond acceptors (Lipinski definition) is 6. The molecule has 0 aliphatic heterocycles. The number of carbonyl (C=O) groups is 1. The van der Waals surface area contributed by atoms with Gasteiger partial charge in [-0.1, -0.05) is 6.07 Å². The van der Waals surface area contributed by atoms with E-state index >= 15 is 0 Å². The van der Waals surface area contributed by atoms with Crippen molar-refractivity contribution in [2.24, 2.45) is 0 Å². The van der Waals surface area contributed by atoms with E-state index in [2.05, 4.69) is 9.97 Å². The van der Waals surface area contributed by atoms with Crippen molar-refractivity contribution in [1.29, 1.82) is 0 Å². The molecule has 0 aliphatic carbocycles. The van der Waals surface area contributed by atoms with Gasteiger partial charge < -0.3 is 4.74 Å². The molecule has 1 aromatic carbocycles. The molecule has 0 fully saturated rings. The van der Waals surface area contributed by atoms with Crippen molar-refractivity contribution >= 4 is 23.0 Å². The summed E-state index contributed by atoms with van der Waals surface area (Å²) in [5, 5.41) is 0.604. The van der Waals surface area contributed by atoms with Gasteiger partial charge in [-0.05, 0) is 50.2 Å². The third-order valence-electron chi connectivity index (χ3n) is 4.36. The number of carbonyl (C=O) groups excluding carboxylic acids is 1. The molecule has 0 aliphatic rings. The molecule has 0 N–H and O–H groups in total. The lowest BCUT2D eigenvalue weighted by Gasteiger charge is -2.07. The molecule has 0 saturated carbocycles. The topological polar surface area (TPSA) is 73.6 Å². The lowest BCUT2D eigenvalue weighted by Crippen LogP contribution is -2.18.